The summed E-state index contributed by atoms with van der Waals surface area (Å²) in [4.78, 5) is 12.1. The molecule has 0 bridgehead atoms. The molecule has 0 radical (unpaired) electrons. The van der Waals surface area contributed by atoms with Gasteiger partial charge in [0.25, 0.3) is 5.91 Å². The maximum absolute atomic E-state index is 12.1. The van der Waals surface area contributed by atoms with Gasteiger partial charge in [-0.3, -0.25) is 10.1 Å². The standard InChI is InChI=1S/C19H20BrIN2O2S/c1-11(2)15-9-16(20)12(3)8-17(15)25-10-18(24)23-19(26)22-14-6-4-13(21)5-7-14/h4-9,11H,10H2,1-3H3,(H2,22,23,24,26). The summed E-state index contributed by atoms with van der Waals surface area (Å²) in [7, 11) is 0. The zero-order valence-corrected chi connectivity index (χ0v) is 19.3. The van der Waals surface area contributed by atoms with E-state index in [0.717, 1.165) is 24.9 Å². The molecule has 0 aliphatic rings. The van der Waals surface area contributed by atoms with Crippen LogP contribution in [0.4, 0.5) is 5.69 Å². The van der Waals surface area contributed by atoms with Crippen LogP contribution in [0.3, 0.4) is 0 Å². The Kier molecular flexibility index (Phi) is 7.85. The average Bonchev–Trinajstić information content (AvgIpc) is 2.57. The number of nitrogens with one attached hydrogen (secondary N) is 2. The Morgan fingerprint density at radius 1 is 1.27 bits per heavy atom. The van der Waals surface area contributed by atoms with Crippen molar-refractivity contribution in [2.75, 3.05) is 11.9 Å². The molecule has 2 rings (SSSR count). The molecule has 0 aliphatic heterocycles. The second-order valence-electron chi connectivity index (χ2n) is 6.09. The van der Waals surface area contributed by atoms with Gasteiger partial charge in [-0.15, -0.1) is 0 Å². The largest absolute Gasteiger partial charge is 0.483 e. The first kappa shape index (κ1) is 21.1. The van der Waals surface area contributed by atoms with Gasteiger partial charge in [0.2, 0.25) is 0 Å². The van der Waals surface area contributed by atoms with Crippen molar-refractivity contribution in [2.45, 2.75) is 26.7 Å². The summed E-state index contributed by atoms with van der Waals surface area (Å²) in [5.41, 5.74) is 2.93. The van der Waals surface area contributed by atoms with Crippen molar-refractivity contribution < 1.29 is 9.53 Å². The number of rotatable bonds is 5. The molecule has 2 N–H and O–H groups in total. The number of hydrogen-bond acceptors (Lipinski definition) is 3. The molecule has 0 aliphatic carbocycles. The fraction of sp³-hybridized carbons (Fsp3) is 0.263. The molecule has 26 heavy (non-hydrogen) atoms. The Labute approximate surface area is 181 Å². The molecule has 0 unspecified atom stereocenters. The molecule has 0 aromatic heterocycles. The second-order valence-corrected chi connectivity index (χ2v) is 8.60. The summed E-state index contributed by atoms with van der Waals surface area (Å²) in [5.74, 6) is 0.698. The number of aryl methyl sites for hydroxylation is 1. The van der Waals surface area contributed by atoms with Crippen LogP contribution in [0.25, 0.3) is 0 Å². The summed E-state index contributed by atoms with van der Waals surface area (Å²) < 4.78 is 7.90. The van der Waals surface area contributed by atoms with E-state index in [1.54, 1.807) is 0 Å². The minimum atomic E-state index is -0.303. The van der Waals surface area contributed by atoms with Crippen LogP contribution in [0.5, 0.6) is 5.75 Å². The van der Waals surface area contributed by atoms with Gasteiger partial charge in [0.1, 0.15) is 5.75 Å². The van der Waals surface area contributed by atoms with E-state index in [4.69, 9.17) is 17.0 Å². The summed E-state index contributed by atoms with van der Waals surface area (Å²) in [6, 6.07) is 11.7. The summed E-state index contributed by atoms with van der Waals surface area (Å²) in [5, 5.41) is 5.86. The van der Waals surface area contributed by atoms with E-state index in [2.05, 4.69) is 63.0 Å². The summed E-state index contributed by atoms with van der Waals surface area (Å²) in [6.07, 6.45) is 0. The molecule has 1 amide bonds. The highest BCUT2D eigenvalue weighted by atomic mass is 127. The van der Waals surface area contributed by atoms with Crippen LogP contribution in [-0.2, 0) is 4.79 Å². The first-order valence-electron chi connectivity index (χ1n) is 8.05. The van der Waals surface area contributed by atoms with Crippen LogP contribution in [0, 0.1) is 10.5 Å². The van der Waals surface area contributed by atoms with Crippen LogP contribution >= 0.6 is 50.7 Å². The van der Waals surface area contributed by atoms with Gasteiger partial charge in [0, 0.05) is 13.7 Å². The van der Waals surface area contributed by atoms with Crippen molar-refractivity contribution >= 4 is 67.4 Å². The van der Waals surface area contributed by atoms with Gasteiger partial charge < -0.3 is 10.1 Å². The van der Waals surface area contributed by atoms with Gasteiger partial charge in [-0.25, -0.2) is 0 Å². The zero-order valence-electron chi connectivity index (χ0n) is 14.7. The smallest absolute Gasteiger partial charge is 0.264 e. The van der Waals surface area contributed by atoms with Gasteiger partial charge in [-0.2, -0.15) is 0 Å². The number of anilines is 1. The van der Waals surface area contributed by atoms with E-state index in [0.29, 0.717) is 5.75 Å². The Hall–Kier alpha value is -1.19. The highest BCUT2D eigenvalue weighted by Gasteiger charge is 2.13. The summed E-state index contributed by atoms with van der Waals surface area (Å²) >= 11 is 10.9. The Balaban J connectivity index is 1.93. The molecule has 4 nitrogen and oxygen atoms in total. The fourth-order valence-corrected chi connectivity index (χ4v) is 3.20. The predicted octanol–water partition coefficient (Wildman–Crippen LogP) is 5.38. The molecule has 138 valence electrons. The zero-order chi connectivity index (χ0) is 19.3. The molecule has 0 spiro atoms. The fourth-order valence-electron chi connectivity index (χ4n) is 2.25. The number of carbonyl (C=O) groups excluding carboxylic acids is 1. The van der Waals surface area contributed by atoms with Crippen LogP contribution in [0.15, 0.2) is 40.9 Å². The molecule has 0 atom stereocenters. The normalized spacial score (nSPS) is 10.5. The minimum absolute atomic E-state index is 0.102. The van der Waals surface area contributed by atoms with E-state index in [1.165, 1.54) is 0 Å². The van der Waals surface area contributed by atoms with Gasteiger partial charge in [-0.05, 0) is 95.2 Å². The van der Waals surface area contributed by atoms with E-state index in [1.807, 2.05) is 43.3 Å². The van der Waals surface area contributed by atoms with E-state index < -0.39 is 0 Å². The van der Waals surface area contributed by atoms with Crippen molar-refractivity contribution in [3.8, 4) is 5.75 Å². The predicted molar refractivity (Wildman–Crippen MR) is 122 cm³/mol. The maximum atomic E-state index is 12.1. The lowest BCUT2D eigenvalue weighted by Crippen LogP contribution is -2.37. The van der Waals surface area contributed by atoms with Crippen molar-refractivity contribution in [2.24, 2.45) is 0 Å². The van der Waals surface area contributed by atoms with Crippen LogP contribution in [-0.4, -0.2) is 17.6 Å². The molecule has 2 aromatic carbocycles. The third kappa shape index (κ3) is 6.21. The average molecular weight is 547 g/mol. The lowest BCUT2D eigenvalue weighted by molar-refractivity contribution is -0.121. The number of carbonyl (C=O) groups is 1. The van der Waals surface area contributed by atoms with Gasteiger partial charge in [-0.1, -0.05) is 29.8 Å². The maximum Gasteiger partial charge on any atom is 0.264 e. The first-order valence-corrected chi connectivity index (χ1v) is 10.3. The number of thiocarbonyl (C=S) groups is 1. The number of benzene rings is 2. The molecule has 0 saturated heterocycles. The highest BCUT2D eigenvalue weighted by molar-refractivity contribution is 14.1. The Morgan fingerprint density at radius 2 is 1.92 bits per heavy atom. The van der Waals surface area contributed by atoms with Gasteiger partial charge in [0.05, 0.1) is 0 Å². The van der Waals surface area contributed by atoms with Gasteiger partial charge >= 0.3 is 0 Å². The molecular weight excluding hydrogens is 527 g/mol. The molecular formula is C19H20BrIN2O2S. The Bertz CT molecular complexity index is 810. The van der Waals surface area contributed by atoms with Crippen molar-refractivity contribution in [1.29, 1.82) is 0 Å². The second kappa shape index (κ2) is 9.66. The highest BCUT2D eigenvalue weighted by Crippen LogP contribution is 2.32. The van der Waals surface area contributed by atoms with E-state index >= 15 is 0 Å². The summed E-state index contributed by atoms with van der Waals surface area (Å²) in [6.45, 7) is 6.06. The molecule has 0 fully saturated rings. The Morgan fingerprint density at radius 3 is 2.54 bits per heavy atom. The minimum Gasteiger partial charge on any atom is -0.483 e. The van der Waals surface area contributed by atoms with Crippen LogP contribution in [0.1, 0.15) is 30.9 Å². The van der Waals surface area contributed by atoms with Crippen molar-refractivity contribution in [1.82, 2.24) is 5.32 Å². The third-order valence-corrected chi connectivity index (χ3v) is 5.40. The quantitative estimate of drug-likeness (QED) is 0.390. The van der Waals surface area contributed by atoms with Gasteiger partial charge in [0.15, 0.2) is 11.7 Å². The lowest BCUT2D eigenvalue weighted by Gasteiger charge is -2.16. The SMILES string of the molecule is Cc1cc(OCC(=O)NC(=S)Nc2ccc(I)cc2)c(C(C)C)cc1Br. The number of ether oxygens (including phenoxy) is 1. The molecule has 0 saturated carbocycles. The lowest BCUT2D eigenvalue weighted by atomic mass is 10.0. The van der Waals surface area contributed by atoms with Crippen molar-refractivity contribution in [3.63, 3.8) is 0 Å². The first-order chi connectivity index (χ1) is 12.3. The van der Waals surface area contributed by atoms with Crippen LogP contribution < -0.4 is 15.4 Å². The molecule has 0 heterocycles. The topological polar surface area (TPSA) is 50.4 Å². The number of hydrogen-bond donors (Lipinski definition) is 2. The monoisotopic (exact) mass is 546 g/mol. The van der Waals surface area contributed by atoms with Crippen LogP contribution in [0.2, 0.25) is 0 Å². The van der Waals surface area contributed by atoms with E-state index in [9.17, 15) is 4.79 Å². The number of amides is 1. The number of halogens is 2. The third-order valence-electron chi connectivity index (χ3n) is 3.63. The molecule has 2 aromatic rings. The molecule has 7 heteroatoms. The van der Waals surface area contributed by atoms with E-state index in [-0.39, 0.29) is 23.5 Å². The van der Waals surface area contributed by atoms with Crippen molar-refractivity contribution in [3.05, 3.63) is 55.6 Å².